The number of H-pyrrole nitrogens is 1. The van der Waals surface area contributed by atoms with Gasteiger partial charge in [-0.25, -0.2) is 4.98 Å². The molecule has 22 heavy (non-hydrogen) atoms. The maximum Gasteiger partial charge on any atom is 0.255 e. The maximum absolute atomic E-state index is 12.3. The minimum Gasteiger partial charge on any atom is -0.310 e. The third-order valence-electron chi connectivity index (χ3n) is 4.22. The second-order valence-electron chi connectivity index (χ2n) is 6.41. The zero-order valence-corrected chi connectivity index (χ0v) is 13.7. The first-order chi connectivity index (χ1) is 10.4. The Morgan fingerprint density at radius 2 is 2.18 bits per heavy atom. The lowest BCUT2D eigenvalue weighted by atomic mass is 10.1. The van der Waals surface area contributed by atoms with E-state index < -0.39 is 0 Å². The number of rotatable bonds is 3. The number of aromatic nitrogens is 4. The highest BCUT2D eigenvalue weighted by molar-refractivity contribution is 5.23. The number of aromatic amines is 1. The summed E-state index contributed by atoms with van der Waals surface area (Å²) in [5.41, 5.74) is 4.06. The Balaban J connectivity index is 1.82. The van der Waals surface area contributed by atoms with Crippen LogP contribution < -0.4 is 5.56 Å². The van der Waals surface area contributed by atoms with Crippen LogP contribution in [0.1, 0.15) is 48.1 Å². The lowest BCUT2D eigenvalue weighted by Crippen LogP contribution is -2.36. The molecular formula is C16H23N5O. The standard InChI is InChI=1S/C16H23N5O/c1-10(2)15-17-14-5-6-21(9-13(14)16(22)18-15)8-12-7-20(4)19-11(12)3/h7,10H,5-6,8-9H2,1-4H3,(H,17,18,22). The first-order valence-electron chi connectivity index (χ1n) is 7.77. The Hall–Kier alpha value is -1.95. The van der Waals surface area contributed by atoms with Crippen LogP contribution in [-0.4, -0.2) is 31.2 Å². The topological polar surface area (TPSA) is 66.8 Å². The molecule has 0 saturated carbocycles. The predicted octanol–water partition coefficient (Wildman–Crippen LogP) is 1.49. The fraction of sp³-hybridized carbons (Fsp3) is 0.562. The number of nitrogens with one attached hydrogen (secondary N) is 1. The van der Waals surface area contributed by atoms with Crippen LogP contribution in [-0.2, 0) is 26.6 Å². The Labute approximate surface area is 130 Å². The van der Waals surface area contributed by atoms with E-state index in [1.807, 2.05) is 32.5 Å². The predicted molar refractivity (Wildman–Crippen MR) is 84.7 cm³/mol. The van der Waals surface area contributed by atoms with Crippen LogP contribution in [0.2, 0.25) is 0 Å². The number of hydrogen-bond acceptors (Lipinski definition) is 4. The summed E-state index contributed by atoms with van der Waals surface area (Å²) in [5.74, 6) is 1.04. The molecule has 2 aromatic heterocycles. The second kappa shape index (κ2) is 5.68. The molecule has 6 nitrogen and oxygen atoms in total. The summed E-state index contributed by atoms with van der Waals surface area (Å²) in [7, 11) is 1.93. The second-order valence-corrected chi connectivity index (χ2v) is 6.41. The fourth-order valence-electron chi connectivity index (χ4n) is 2.95. The van der Waals surface area contributed by atoms with Gasteiger partial charge in [0.1, 0.15) is 5.82 Å². The zero-order chi connectivity index (χ0) is 15.9. The SMILES string of the molecule is Cc1nn(C)cc1CN1CCc2nc(C(C)C)[nH]c(=O)c2C1. The van der Waals surface area contributed by atoms with Crippen molar-refractivity contribution in [3.63, 3.8) is 0 Å². The average molecular weight is 301 g/mol. The lowest BCUT2D eigenvalue weighted by molar-refractivity contribution is 0.241. The van der Waals surface area contributed by atoms with Crippen molar-refractivity contribution in [3.8, 4) is 0 Å². The lowest BCUT2D eigenvalue weighted by Gasteiger charge is -2.27. The molecule has 0 unspecified atom stereocenters. The van der Waals surface area contributed by atoms with Crippen molar-refractivity contribution in [2.24, 2.45) is 7.05 Å². The molecule has 0 amide bonds. The summed E-state index contributed by atoms with van der Waals surface area (Å²) in [4.78, 5) is 22.2. The number of fused-ring (bicyclic) bond motifs is 1. The number of aryl methyl sites for hydroxylation is 2. The minimum absolute atomic E-state index is 0.0151. The van der Waals surface area contributed by atoms with E-state index >= 15 is 0 Å². The highest BCUT2D eigenvalue weighted by Crippen LogP contribution is 2.19. The van der Waals surface area contributed by atoms with Crippen LogP contribution in [0.25, 0.3) is 0 Å². The molecular weight excluding hydrogens is 278 g/mol. The van der Waals surface area contributed by atoms with Gasteiger partial charge in [-0.2, -0.15) is 5.10 Å². The van der Waals surface area contributed by atoms with E-state index in [0.29, 0.717) is 6.54 Å². The van der Waals surface area contributed by atoms with Gasteiger partial charge >= 0.3 is 0 Å². The van der Waals surface area contributed by atoms with E-state index in [2.05, 4.69) is 26.2 Å². The van der Waals surface area contributed by atoms with E-state index in [1.165, 1.54) is 5.56 Å². The Morgan fingerprint density at radius 1 is 1.41 bits per heavy atom. The molecule has 0 atom stereocenters. The van der Waals surface area contributed by atoms with Gasteiger partial charge in [0.2, 0.25) is 0 Å². The fourth-order valence-corrected chi connectivity index (χ4v) is 2.95. The smallest absolute Gasteiger partial charge is 0.255 e. The molecule has 0 aliphatic carbocycles. The molecule has 1 aliphatic heterocycles. The van der Waals surface area contributed by atoms with Crippen LogP contribution in [0.4, 0.5) is 0 Å². The Morgan fingerprint density at radius 3 is 2.82 bits per heavy atom. The largest absolute Gasteiger partial charge is 0.310 e. The molecule has 1 aliphatic rings. The van der Waals surface area contributed by atoms with Gasteiger partial charge in [-0.05, 0) is 6.92 Å². The van der Waals surface area contributed by atoms with Crippen molar-refractivity contribution in [3.05, 3.63) is 44.9 Å². The van der Waals surface area contributed by atoms with Gasteiger partial charge in [-0.3, -0.25) is 14.4 Å². The van der Waals surface area contributed by atoms with Gasteiger partial charge in [-0.1, -0.05) is 13.8 Å². The zero-order valence-electron chi connectivity index (χ0n) is 13.7. The summed E-state index contributed by atoms with van der Waals surface area (Å²) in [5, 5.41) is 4.38. The average Bonchev–Trinajstić information content (AvgIpc) is 2.77. The molecule has 0 aromatic carbocycles. The van der Waals surface area contributed by atoms with Crippen LogP contribution in [0, 0.1) is 6.92 Å². The van der Waals surface area contributed by atoms with E-state index in [4.69, 9.17) is 0 Å². The van der Waals surface area contributed by atoms with E-state index in [1.54, 1.807) is 0 Å². The van der Waals surface area contributed by atoms with Gasteiger partial charge in [-0.15, -0.1) is 0 Å². The molecule has 1 N–H and O–H groups in total. The van der Waals surface area contributed by atoms with Crippen LogP contribution >= 0.6 is 0 Å². The molecule has 3 rings (SSSR count). The van der Waals surface area contributed by atoms with E-state index in [-0.39, 0.29) is 11.5 Å². The quantitative estimate of drug-likeness (QED) is 0.933. The first kappa shape index (κ1) is 15.0. The molecule has 0 bridgehead atoms. The summed E-state index contributed by atoms with van der Waals surface area (Å²) in [6.45, 7) is 8.52. The molecule has 6 heteroatoms. The summed E-state index contributed by atoms with van der Waals surface area (Å²) < 4.78 is 1.84. The Bertz CT molecular complexity index is 743. The van der Waals surface area contributed by atoms with Crippen molar-refractivity contribution in [2.75, 3.05) is 6.54 Å². The number of hydrogen-bond donors (Lipinski definition) is 1. The molecule has 3 heterocycles. The first-order valence-corrected chi connectivity index (χ1v) is 7.77. The summed E-state index contributed by atoms with van der Waals surface area (Å²) in [6.07, 6.45) is 2.88. The highest BCUT2D eigenvalue weighted by Gasteiger charge is 2.22. The normalized spacial score (nSPS) is 15.3. The van der Waals surface area contributed by atoms with Crippen molar-refractivity contribution >= 4 is 0 Å². The highest BCUT2D eigenvalue weighted by atomic mass is 16.1. The van der Waals surface area contributed by atoms with Crippen LogP contribution in [0.5, 0.6) is 0 Å². The molecule has 0 fully saturated rings. The van der Waals surface area contributed by atoms with Gasteiger partial charge in [0, 0.05) is 50.8 Å². The van der Waals surface area contributed by atoms with E-state index in [9.17, 15) is 4.79 Å². The van der Waals surface area contributed by atoms with Gasteiger partial charge in [0.15, 0.2) is 0 Å². The van der Waals surface area contributed by atoms with Gasteiger partial charge in [0.25, 0.3) is 5.56 Å². The summed E-state index contributed by atoms with van der Waals surface area (Å²) in [6, 6.07) is 0. The van der Waals surface area contributed by atoms with E-state index in [0.717, 1.165) is 42.3 Å². The molecule has 0 spiro atoms. The van der Waals surface area contributed by atoms with Crippen LogP contribution in [0.3, 0.4) is 0 Å². The van der Waals surface area contributed by atoms with Crippen molar-refractivity contribution in [1.29, 1.82) is 0 Å². The monoisotopic (exact) mass is 301 g/mol. The van der Waals surface area contributed by atoms with Gasteiger partial charge in [0.05, 0.1) is 17.0 Å². The Kier molecular flexibility index (Phi) is 3.87. The molecule has 118 valence electrons. The van der Waals surface area contributed by atoms with Crippen molar-refractivity contribution in [1.82, 2.24) is 24.6 Å². The minimum atomic E-state index is 0.0151. The van der Waals surface area contributed by atoms with Gasteiger partial charge < -0.3 is 4.98 Å². The third-order valence-corrected chi connectivity index (χ3v) is 4.22. The van der Waals surface area contributed by atoms with Crippen molar-refractivity contribution in [2.45, 2.75) is 46.2 Å². The summed E-state index contributed by atoms with van der Waals surface area (Å²) >= 11 is 0. The number of nitrogens with zero attached hydrogens (tertiary/aromatic N) is 4. The molecule has 0 radical (unpaired) electrons. The maximum atomic E-state index is 12.3. The molecule has 0 saturated heterocycles. The third kappa shape index (κ3) is 2.83. The van der Waals surface area contributed by atoms with Crippen LogP contribution in [0.15, 0.2) is 11.0 Å². The molecule has 2 aromatic rings. The van der Waals surface area contributed by atoms with Crippen molar-refractivity contribution < 1.29 is 0 Å².